The molecule has 0 fully saturated rings. The number of nitrogens with two attached hydrogens (primary N) is 1. The summed E-state index contributed by atoms with van der Waals surface area (Å²) in [5, 5.41) is 0. The molecule has 0 saturated carbocycles. The molecule has 1 rings (SSSR count). The average molecular weight is 219 g/mol. The van der Waals surface area contributed by atoms with Gasteiger partial charge in [-0.05, 0) is 30.0 Å². The monoisotopic (exact) mass is 219 g/mol. The van der Waals surface area contributed by atoms with E-state index >= 15 is 0 Å². The van der Waals surface area contributed by atoms with Crippen molar-refractivity contribution in [2.45, 2.75) is 33.7 Å². The van der Waals surface area contributed by atoms with Crippen molar-refractivity contribution in [2.24, 2.45) is 11.1 Å². The molecule has 0 heterocycles. The van der Waals surface area contributed by atoms with E-state index in [1.54, 1.807) is 0 Å². The van der Waals surface area contributed by atoms with Gasteiger partial charge in [-0.3, -0.25) is 0 Å². The smallest absolute Gasteiger partial charge is 0.126 e. The van der Waals surface area contributed by atoms with Crippen molar-refractivity contribution in [3.63, 3.8) is 0 Å². The summed E-state index contributed by atoms with van der Waals surface area (Å²) >= 11 is 0. The molecule has 0 bridgehead atoms. The zero-order chi connectivity index (χ0) is 12.3. The van der Waals surface area contributed by atoms with Crippen LogP contribution in [-0.4, -0.2) is 0 Å². The Balaban J connectivity index is 2.83. The van der Waals surface area contributed by atoms with Crippen molar-refractivity contribution in [2.75, 3.05) is 0 Å². The van der Waals surface area contributed by atoms with E-state index in [-0.39, 0.29) is 11.5 Å². The van der Waals surface area contributed by atoms with Gasteiger partial charge in [0.1, 0.15) is 5.75 Å². The van der Waals surface area contributed by atoms with Crippen LogP contribution in [0.2, 0.25) is 0 Å². The van der Waals surface area contributed by atoms with E-state index in [1.165, 1.54) is 0 Å². The summed E-state index contributed by atoms with van der Waals surface area (Å²) in [7, 11) is 0. The van der Waals surface area contributed by atoms with Gasteiger partial charge in [0, 0.05) is 6.04 Å². The Hall–Kier alpha value is -1.28. The quantitative estimate of drug-likeness (QED) is 0.788. The molecule has 1 unspecified atom stereocenters. The van der Waals surface area contributed by atoms with Crippen molar-refractivity contribution in [3.05, 3.63) is 42.2 Å². The Kier molecular flexibility index (Phi) is 3.76. The van der Waals surface area contributed by atoms with E-state index in [0.29, 0.717) is 5.76 Å². The standard InChI is InChI=1S/C14H21NO/c1-10(2)16-12-8-6-11(7-9-12)13(15)14(3,4)5/h6-9,13H,1,15H2,2-5H3. The first-order valence-corrected chi connectivity index (χ1v) is 5.49. The van der Waals surface area contributed by atoms with Crippen LogP contribution in [0, 0.1) is 5.41 Å². The molecule has 0 spiro atoms. The van der Waals surface area contributed by atoms with E-state index in [4.69, 9.17) is 10.5 Å². The number of allylic oxidation sites excluding steroid dienone is 1. The van der Waals surface area contributed by atoms with Gasteiger partial charge < -0.3 is 10.5 Å². The topological polar surface area (TPSA) is 35.2 Å². The molecule has 2 N–H and O–H groups in total. The molecule has 0 amide bonds. The van der Waals surface area contributed by atoms with E-state index in [1.807, 2.05) is 31.2 Å². The van der Waals surface area contributed by atoms with E-state index < -0.39 is 0 Å². The third-order valence-corrected chi connectivity index (χ3v) is 2.46. The molecule has 0 saturated heterocycles. The van der Waals surface area contributed by atoms with Gasteiger partial charge in [-0.1, -0.05) is 39.5 Å². The summed E-state index contributed by atoms with van der Waals surface area (Å²) < 4.78 is 5.40. The van der Waals surface area contributed by atoms with Gasteiger partial charge in [-0.25, -0.2) is 0 Å². The van der Waals surface area contributed by atoms with Gasteiger partial charge in [-0.2, -0.15) is 0 Å². The van der Waals surface area contributed by atoms with Crippen molar-refractivity contribution in [1.82, 2.24) is 0 Å². The molecular weight excluding hydrogens is 198 g/mol. The van der Waals surface area contributed by atoms with Crippen LogP contribution in [-0.2, 0) is 0 Å². The van der Waals surface area contributed by atoms with Crippen LogP contribution >= 0.6 is 0 Å². The second kappa shape index (κ2) is 4.71. The fourth-order valence-electron chi connectivity index (χ4n) is 1.44. The van der Waals surface area contributed by atoms with Gasteiger partial charge in [0.25, 0.3) is 0 Å². The predicted molar refractivity (Wildman–Crippen MR) is 68.3 cm³/mol. The maximum absolute atomic E-state index is 6.16. The Morgan fingerprint density at radius 1 is 1.25 bits per heavy atom. The minimum absolute atomic E-state index is 0.0337. The third kappa shape index (κ3) is 3.38. The molecule has 0 aliphatic heterocycles. The van der Waals surface area contributed by atoms with Crippen LogP contribution in [0.4, 0.5) is 0 Å². The highest BCUT2D eigenvalue weighted by atomic mass is 16.5. The first-order valence-electron chi connectivity index (χ1n) is 5.49. The van der Waals surface area contributed by atoms with Gasteiger partial charge in [0.15, 0.2) is 0 Å². The molecule has 0 aromatic heterocycles. The summed E-state index contributed by atoms with van der Waals surface area (Å²) in [5.41, 5.74) is 7.36. The fraction of sp³-hybridized carbons (Fsp3) is 0.429. The molecule has 2 nitrogen and oxygen atoms in total. The van der Waals surface area contributed by atoms with Gasteiger partial charge in [-0.15, -0.1) is 0 Å². The average Bonchev–Trinajstić information content (AvgIpc) is 2.15. The lowest BCUT2D eigenvalue weighted by Crippen LogP contribution is -2.26. The Morgan fingerprint density at radius 2 is 1.75 bits per heavy atom. The SMILES string of the molecule is C=C(C)Oc1ccc(C(N)C(C)(C)C)cc1. The van der Waals surface area contributed by atoms with Crippen LogP contribution < -0.4 is 10.5 Å². The Bertz CT molecular complexity index is 359. The second-order valence-corrected chi connectivity index (χ2v) is 5.22. The van der Waals surface area contributed by atoms with Crippen LogP contribution in [0.15, 0.2) is 36.6 Å². The van der Waals surface area contributed by atoms with Gasteiger partial charge in [0.05, 0.1) is 5.76 Å². The molecule has 0 aliphatic rings. The zero-order valence-corrected chi connectivity index (χ0v) is 10.6. The highest BCUT2D eigenvalue weighted by Gasteiger charge is 2.21. The first kappa shape index (κ1) is 12.8. The zero-order valence-electron chi connectivity index (χ0n) is 10.6. The largest absolute Gasteiger partial charge is 0.463 e. The third-order valence-electron chi connectivity index (χ3n) is 2.46. The molecule has 1 aromatic carbocycles. The van der Waals surface area contributed by atoms with Crippen LogP contribution in [0.3, 0.4) is 0 Å². The summed E-state index contributed by atoms with van der Waals surface area (Å²) in [6, 6.07) is 7.90. The minimum Gasteiger partial charge on any atom is -0.463 e. The molecular formula is C14H21NO. The second-order valence-electron chi connectivity index (χ2n) is 5.22. The van der Waals surface area contributed by atoms with E-state index in [0.717, 1.165) is 11.3 Å². The summed E-state index contributed by atoms with van der Waals surface area (Å²) in [5.74, 6) is 1.49. The van der Waals surface area contributed by atoms with Crippen LogP contribution in [0.1, 0.15) is 39.3 Å². The molecule has 2 heteroatoms. The predicted octanol–water partition coefficient (Wildman–Crippen LogP) is 3.64. The lowest BCUT2D eigenvalue weighted by molar-refractivity contribution is 0.326. The van der Waals surface area contributed by atoms with Crippen molar-refractivity contribution in [1.29, 1.82) is 0 Å². The number of hydrogen-bond donors (Lipinski definition) is 1. The van der Waals surface area contributed by atoms with Crippen molar-refractivity contribution >= 4 is 0 Å². The molecule has 88 valence electrons. The maximum atomic E-state index is 6.16. The fourth-order valence-corrected chi connectivity index (χ4v) is 1.44. The highest BCUT2D eigenvalue weighted by molar-refractivity contribution is 5.30. The van der Waals surface area contributed by atoms with Crippen molar-refractivity contribution < 1.29 is 4.74 Å². The molecule has 1 atom stereocenters. The molecule has 16 heavy (non-hydrogen) atoms. The van der Waals surface area contributed by atoms with Gasteiger partial charge >= 0.3 is 0 Å². The minimum atomic E-state index is 0.0337. The maximum Gasteiger partial charge on any atom is 0.126 e. The van der Waals surface area contributed by atoms with E-state index in [2.05, 4.69) is 27.4 Å². The first-order chi connectivity index (χ1) is 7.30. The number of benzene rings is 1. The van der Waals surface area contributed by atoms with Gasteiger partial charge in [0.2, 0.25) is 0 Å². The number of ether oxygens (including phenoxy) is 1. The Labute approximate surface area is 98.1 Å². The Morgan fingerprint density at radius 3 is 2.12 bits per heavy atom. The van der Waals surface area contributed by atoms with Crippen molar-refractivity contribution in [3.8, 4) is 5.75 Å². The highest BCUT2D eigenvalue weighted by Crippen LogP contribution is 2.31. The molecule has 1 aromatic rings. The van der Waals surface area contributed by atoms with E-state index in [9.17, 15) is 0 Å². The van der Waals surface area contributed by atoms with Crippen LogP contribution in [0.25, 0.3) is 0 Å². The lowest BCUT2D eigenvalue weighted by Gasteiger charge is -2.27. The summed E-state index contributed by atoms with van der Waals surface area (Å²) in [4.78, 5) is 0. The van der Waals surface area contributed by atoms with Crippen LogP contribution in [0.5, 0.6) is 5.75 Å². The molecule has 0 aliphatic carbocycles. The summed E-state index contributed by atoms with van der Waals surface area (Å²) in [6.45, 7) is 11.9. The number of rotatable bonds is 3. The molecule has 0 radical (unpaired) electrons. The normalized spacial score (nSPS) is 13.3. The lowest BCUT2D eigenvalue weighted by atomic mass is 9.83. The number of hydrogen-bond acceptors (Lipinski definition) is 2. The summed E-state index contributed by atoms with van der Waals surface area (Å²) in [6.07, 6.45) is 0.